The van der Waals surface area contributed by atoms with Gasteiger partial charge in [-0.15, -0.1) is 11.8 Å². The molecule has 2 fully saturated rings. The minimum atomic E-state index is 0.225. The van der Waals surface area contributed by atoms with Gasteiger partial charge in [0.15, 0.2) is 5.82 Å². The summed E-state index contributed by atoms with van der Waals surface area (Å²) < 4.78 is 5.34. The molecule has 1 aromatic heterocycles. The van der Waals surface area contributed by atoms with E-state index < -0.39 is 0 Å². The van der Waals surface area contributed by atoms with E-state index in [4.69, 9.17) is 4.52 Å². The highest BCUT2D eigenvalue weighted by atomic mass is 32.2. The predicted molar refractivity (Wildman–Crippen MR) is 86.7 cm³/mol. The molecular formula is C15H22N2O2S2. The molecule has 2 atom stereocenters. The number of aromatic nitrogens is 2. The van der Waals surface area contributed by atoms with Gasteiger partial charge in [0.2, 0.25) is 5.89 Å². The summed E-state index contributed by atoms with van der Waals surface area (Å²) >= 11 is 3.92. The number of ketones is 1. The molecule has 0 bridgehead atoms. The van der Waals surface area contributed by atoms with Gasteiger partial charge in [0.25, 0.3) is 0 Å². The van der Waals surface area contributed by atoms with Gasteiger partial charge in [-0.1, -0.05) is 24.9 Å². The number of hydrogen-bond acceptors (Lipinski definition) is 6. The van der Waals surface area contributed by atoms with E-state index in [9.17, 15) is 4.79 Å². The third kappa shape index (κ3) is 3.65. The Morgan fingerprint density at radius 2 is 2.05 bits per heavy atom. The third-order valence-electron chi connectivity index (χ3n) is 4.33. The summed E-state index contributed by atoms with van der Waals surface area (Å²) in [5, 5.41) is 5.01. The molecule has 4 nitrogen and oxygen atoms in total. The highest BCUT2D eigenvalue weighted by molar-refractivity contribution is 8.06. The van der Waals surface area contributed by atoms with Gasteiger partial charge in [-0.25, -0.2) is 0 Å². The number of hydrogen-bond donors (Lipinski definition) is 0. The molecule has 0 radical (unpaired) electrons. The second-order valence-corrected chi connectivity index (χ2v) is 8.38. The molecule has 1 aliphatic heterocycles. The zero-order valence-corrected chi connectivity index (χ0v) is 14.0. The Hall–Kier alpha value is -0.490. The molecule has 6 heteroatoms. The minimum Gasteiger partial charge on any atom is -0.339 e. The number of carbonyl (C=O) groups is 1. The van der Waals surface area contributed by atoms with E-state index in [-0.39, 0.29) is 11.7 Å². The summed E-state index contributed by atoms with van der Waals surface area (Å²) in [5.74, 6) is 4.13. The van der Waals surface area contributed by atoms with Crippen LogP contribution < -0.4 is 0 Å². The van der Waals surface area contributed by atoms with Crippen LogP contribution in [0.4, 0.5) is 0 Å². The molecule has 2 heterocycles. The predicted octanol–water partition coefficient (Wildman–Crippen LogP) is 3.67. The third-order valence-corrected chi connectivity index (χ3v) is 7.57. The fourth-order valence-electron chi connectivity index (χ4n) is 3.14. The summed E-state index contributed by atoms with van der Waals surface area (Å²) in [6.45, 7) is 2.21. The van der Waals surface area contributed by atoms with Crippen molar-refractivity contribution in [3.05, 3.63) is 11.7 Å². The number of carbonyl (C=O) groups excluding carboxylic acids is 1. The van der Waals surface area contributed by atoms with Gasteiger partial charge in [0.05, 0.1) is 11.7 Å². The fraction of sp³-hybridized carbons (Fsp3) is 0.800. The van der Waals surface area contributed by atoms with Crippen LogP contribution >= 0.6 is 23.5 Å². The van der Waals surface area contributed by atoms with E-state index >= 15 is 0 Å². The smallest absolute Gasteiger partial charge is 0.234 e. The van der Waals surface area contributed by atoms with Crippen molar-refractivity contribution in [3.8, 4) is 0 Å². The molecule has 0 amide bonds. The summed E-state index contributed by atoms with van der Waals surface area (Å²) in [5.41, 5.74) is 0. The first-order valence-corrected chi connectivity index (χ1v) is 9.96. The Balaban J connectivity index is 1.63. The Bertz CT molecular complexity index is 486. The SMILES string of the molecule is CCC1SCCSC1c1noc(CC(=O)C2CCCC2)n1. The van der Waals surface area contributed by atoms with E-state index in [1.165, 1.54) is 18.6 Å². The lowest BCUT2D eigenvalue weighted by Gasteiger charge is -2.27. The highest BCUT2D eigenvalue weighted by Crippen LogP contribution is 2.42. The Labute approximate surface area is 134 Å². The van der Waals surface area contributed by atoms with Gasteiger partial charge in [-0.2, -0.15) is 16.7 Å². The first-order valence-electron chi connectivity index (χ1n) is 7.86. The topological polar surface area (TPSA) is 56.0 Å². The van der Waals surface area contributed by atoms with Crippen molar-refractivity contribution < 1.29 is 9.32 Å². The summed E-state index contributed by atoms with van der Waals surface area (Å²) in [7, 11) is 0. The summed E-state index contributed by atoms with van der Waals surface area (Å²) in [4.78, 5) is 16.7. The molecule has 1 aliphatic carbocycles. The molecule has 21 heavy (non-hydrogen) atoms. The van der Waals surface area contributed by atoms with Crippen LogP contribution in [0.25, 0.3) is 0 Å². The molecule has 1 aromatic rings. The molecule has 3 rings (SSSR count). The first kappa shape index (κ1) is 15.4. The lowest BCUT2D eigenvalue weighted by molar-refractivity contribution is -0.122. The molecular weight excluding hydrogens is 304 g/mol. The maximum atomic E-state index is 12.2. The fourth-order valence-corrected chi connectivity index (χ4v) is 6.12. The van der Waals surface area contributed by atoms with Gasteiger partial charge in [-0.3, -0.25) is 4.79 Å². The second kappa shape index (κ2) is 7.18. The molecule has 2 unspecified atom stereocenters. The van der Waals surface area contributed by atoms with E-state index in [0.717, 1.165) is 30.8 Å². The average Bonchev–Trinajstić information content (AvgIpc) is 3.18. The lowest BCUT2D eigenvalue weighted by Crippen LogP contribution is -2.19. The van der Waals surface area contributed by atoms with Crippen molar-refractivity contribution in [1.29, 1.82) is 0 Å². The van der Waals surface area contributed by atoms with Crippen molar-refractivity contribution >= 4 is 29.3 Å². The van der Waals surface area contributed by atoms with Gasteiger partial charge in [0.1, 0.15) is 5.78 Å². The molecule has 0 spiro atoms. The maximum absolute atomic E-state index is 12.2. The standard InChI is InChI=1S/C15H22N2O2S2/c1-2-12-14(21-8-7-20-12)15-16-13(19-17-15)9-11(18)10-5-3-4-6-10/h10,12,14H,2-9H2,1H3. The van der Waals surface area contributed by atoms with Crippen molar-refractivity contribution in [3.63, 3.8) is 0 Å². The van der Waals surface area contributed by atoms with Crippen LogP contribution in [0.2, 0.25) is 0 Å². The molecule has 0 aromatic carbocycles. The van der Waals surface area contributed by atoms with Gasteiger partial charge >= 0.3 is 0 Å². The van der Waals surface area contributed by atoms with Gasteiger partial charge in [0, 0.05) is 22.7 Å². The largest absolute Gasteiger partial charge is 0.339 e. The minimum absolute atomic E-state index is 0.225. The Kier molecular flexibility index (Phi) is 5.27. The zero-order chi connectivity index (χ0) is 14.7. The van der Waals surface area contributed by atoms with Crippen LogP contribution in [0.15, 0.2) is 4.52 Å². The quantitative estimate of drug-likeness (QED) is 0.823. The first-order chi connectivity index (χ1) is 10.3. The molecule has 2 aliphatic rings. The number of rotatable bonds is 5. The average molecular weight is 326 g/mol. The van der Waals surface area contributed by atoms with Crippen LogP contribution in [-0.2, 0) is 11.2 Å². The second-order valence-electron chi connectivity index (χ2n) is 5.78. The number of thioether (sulfide) groups is 2. The zero-order valence-electron chi connectivity index (χ0n) is 12.4. The van der Waals surface area contributed by atoms with Crippen LogP contribution in [0.5, 0.6) is 0 Å². The summed E-state index contributed by atoms with van der Waals surface area (Å²) in [6, 6.07) is 0. The summed E-state index contributed by atoms with van der Waals surface area (Å²) in [6.07, 6.45) is 5.87. The lowest BCUT2D eigenvalue weighted by atomic mass is 10.0. The van der Waals surface area contributed by atoms with Crippen LogP contribution in [0, 0.1) is 5.92 Å². The number of nitrogens with zero attached hydrogens (tertiary/aromatic N) is 2. The van der Waals surface area contributed by atoms with E-state index in [1.54, 1.807) is 0 Å². The number of Topliss-reactive ketones (excluding diaryl/α,β-unsaturated/α-hetero) is 1. The highest BCUT2D eigenvalue weighted by Gasteiger charge is 2.31. The monoisotopic (exact) mass is 326 g/mol. The molecule has 116 valence electrons. The Morgan fingerprint density at radius 3 is 2.81 bits per heavy atom. The van der Waals surface area contributed by atoms with E-state index in [2.05, 4.69) is 17.1 Å². The van der Waals surface area contributed by atoms with E-state index in [1.807, 2.05) is 23.5 Å². The van der Waals surface area contributed by atoms with Crippen molar-refractivity contribution in [2.24, 2.45) is 5.92 Å². The normalized spacial score (nSPS) is 27.1. The van der Waals surface area contributed by atoms with Crippen LogP contribution in [0.1, 0.15) is 56.0 Å². The molecule has 1 saturated heterocycles. The van der Waals surface area contributed by atoms with Crippen molar-refractivity contribution in [1.82, 2.24) is 10.1 Å². The van der Waals surface area contributed by atoms with Gasteiger partial charge in [-0.05, 0) is 19.3 Å². The molecule has 0 N–H and O–H groups in total. The molecule has 1 saturated carbocycles. The van der Waals surface area contributed by atoms with Crippen molar-refractivity contribution in [2.45, 2.75) is 55.9 Å². The maximum Gasteiger partial charge on any atom is 0.234 e. The van der Waals surface area contributed by atoms with E-state index in [0.29, 0.717) is 22.8 Å². The Morgan fingerprint density at radius 1 is 1.29 bits per heavy atom. The van der Waals surface area contributed by atoms with Gasteiger partial charge < -0.3 is 4.52 Å². The van der Waals surface area contributed by atoms with Crippen LogP contribution in [0.3, 0.4) is 0 Å². The van der Waals surface area contributed by atoms with Crippen LogP contribution in [-0.4, -0.2) is 32.7 Å². The van der Waals surface area contributed by atoms with Crippen molar-refractivity contribution in [2.75, 3.05) is 11.5 Å².